The zero-order valence-electron chi connectivity index (χ0n) is 15.7. The summed E-state index contributed by atoms with van der Waals surface area (Å²) in [5.41, 5.74) is 3.08. The lowest BCUT2D eigenvalue weighted by Gasteiger charge is -2.11. The number of benzene rings is 3. The van der Waals surface area contributed by atoms with Gasteiger partial charge in [-0.15, -0.1) is 0 Å². The number of nitrogens with one attached hydrogen (secondary N) is 2. The van der Waals surface area contributed by atoms with Crippen molar-refractivity contribution in [2.24, 2.45) is 0 Å². The van der Waals surface area contributed by atoms with E-state index in [9.17, 15) is 4.79 Å². The van der Waals surface area contributed by atoms with E-state index in [0.29, 0.717) is 23.9 Å². The minimum absolute atomic E-state index is 0.246. The number of hydrogen-bond donors (Lipinski definition) is 2. The molecule has 0 unspecified atom stereocenters. The average molecular weight is 380 g/mol. The molecule has 1 aromatic heterocycles. The Morgan fingerprint density at radius 1 is 0.759 bits per heavy atom. The predicted molar refractivity (Wildman–Crippen MR) is 115 cm³/mol. The van der Waals surface area contributed by atoms with Gasteiger partial charge in [-0.25, -0.2) is 9.97 Å². The maximum Gasteiger partial charge on any atom is 0.270 e. The van der Waals surface area contributed by atoms with Gasteiger partial charge in [0, 0.05) is 23.9 Å². The lowest BCUT2D eigenvalue weighted by Crippen LogP contribution is -2.24. The second kappa shape index (κ2) is 8.80. The van der Waals surface area contributed by atoms with Crippen molar-refractivity contribution in [1.29, 1.82) is 0 Å². The van der Waals surface area contributed by atoms with Crippen LogP contribution in [0.3, 0.4) is 0 Å². The van der Waals surface area contributed by atoms with Crippen LogP contribution >= 0.6 is 0 Å². The van der Waals surface area contributed by atoms with Crippen molar-refractivity contribution in [3.63, 3.8) is 0 Å². The fourth-order valence-corrected chi connectivity index (χ4v) is 2.88. The van der Waals surface area contributed by atoms with Gasteiger partial charge >= 0.3 is 0 Å². The third-order valence-electron chi connectivity index (χ3n) is 4.33. The Labute approximate surface area is 169 Å². The monoisotopic (exact) mass is 380 g/mol. The Morgan fingerprint density at radius 2 is 1.38 bits per heavy atom. The molecule has 5 heteroatoms. The summed E-state index contributed by atoms with van der Waals surface area (Å²) in [6.45, 7) is 0.436. The third kappa shape index (κ3) is 4.84. The van der Waals surface area contributed by atoms with E-state index in [4.69, 9.17) is 0 Å². The molecule has 0 spiro atoms. The Bertz CT molecular complexity index is 1080. The van der Waals surface area contributed by atoms with E-state index in [0.717, 1.165) is 16.8 Å². The molecule has 0 saturated heterocycles. The SMILES string of the molecule is O=C(NCc1ccccc1)c1cc(Nc2ccccc2)nc(-c2ccccc2)n1. The maximum atomic E-state index is 12.8. The summed E-state index contributed by atoms with van der Waals surface area (Å²) >= 11 is 0. The summed E-state index contributed by atoms with van der Waals surface area (Å²) in [4.78, 5) is 21.9. The molecule has 0 aliphatic rings. The summed E-state index contributed by atoms with van der Waals surface area (Å²) in [6, 6.07) is 30.8. The molecule has 5 nitrogen and oxygen atoms in total. The number of carbonyl (C=O) groups excluding carboxylic acids is 1. The molecule has 0 radical (unpaired) electrons. The fraction of sp³-hybridized carbons (Fsp3) is 0.0417. The number of aromatic nitrogens is 2. The van der Waals surface area contributed by atoms with E-state index >= 15 is 0 Å². The van der Waals surface area contributed by atoms with Crippen LogP contribution in [0.2, 0.25) is 0 Å². The largest absolute Gasteiger partial charge is 0.347 e. The second-order valence-corrected chi connectivity index (χ2v) is 6.49. The van der Waals surface area contributed by atoms with Gasteiger partial charge in [0.15, 0.2) is 5.82 Å². The second-order valence-electron chi connectivity index (χ2n) is 6.49. The fourth-order valence-electron chi connectivity index (χ4n) is 2.88. The molecule has 1 amide bonds. The van der Waals surface area contributed by atoms with Gasteiger partial charge < -0.3 is 10.6 Å². The minimum atomic E-state index is -0.246. The molecule has 29 heavy (non-hydrogen) atoms. The van der Waals surface area contributed by atoms with Gasteiger partial charge in [-0.2, -0.15) is 0 Å². The first-order valence-corrected chi connectivity index (χ1v) is 9.37. The number of amides is 1. The summed E-state index contributed by atoms with van der Waals surface area (Å²) in [5, 5.41) is 6.18. The normalized spacial score (nSPS) is 10.3. The molecule has 4 aromatic rings. The first kappa shape index (κ1) is 18.4. The highest BCUT2D eigenvalue weighted by Crippen LogP contribution is 2.20. The Hall–Kier alpha value is -3.99. The van der Waals surface area contributed by atoms with E-state index in [1.54, 1.807) is 6.07 Å². The van der Waals surface area contributed by atoms with Crippen LogP contribution in [0.4, 0.5) is 11.5 Å². The van der Waals surface area contributed by atoms with Gasteiger partial charge in [-0.3, -0.25) is 4.79 Å². The minimum Gasteiger partial charge on any atom is -0.347 e. The molecular weight excluding hydrogens is 360 g/mol. The molecule has 4 rings (SSSR count). The molecule has 142 valence electrons. The standard InChI is InChI=1S/C24H20N4O/c29-24(25-17-18-10-4-1-5-11-18)21-16-22(26-20-14-8-3-9-15-20)28-23(27-21)19-12-6-2-7-13-19/h1-16H,17H2,(H,25,29)(H,26,27,28). The van der Waals surface area contributed by atoms with E-state index < -0.39 is 0 Å². The van der Waals surface area contributed by atoms with Crippen molar-refractivity contribution in [2.45, 2.75) is 6.54 Å². The first-order valence-electron chi connectivity index (χ1n) is 9.37. The number of rotatable bonds is 6. The quantitative estimate of drug-likeness (QED) is 0.503. The highest BCUT2D eigenvalue weighted by Gasteiger charge is 2.13. The van der Waals surface area contributed by atoms with Crippen LogP contribution in [0, 0.1) is 0 Å². The molecule has 0 fully saturated rings. The van der Waals surface area contributed by atoms with Crippen molar-refractivity contribution in [3.05, 3.63) is 108 Å². The molecule has 0 aliphatic carbocycles. The highest BCUT2D eigenvalue weighted by atomic mass is 16.1. The van der Waals surface area contributed by atoms with Gasteiger partial charge in [-0.1, -0.05) is 78.9 Å². The van der Waals surface area contributed by atoms with Crippen molar-refractivity contribution in [2.75, 3.05) is 5.32 Å². The van der Waals surface area contributed by atoms with E-state index in [-0.39, 0.29) is 5.91 Å². The van der Waals surface area contributed by atoms with Gasteiger partial charge in [-0.05, 0) is 17.7 Å². The lowest BCUT2D eigenvalue weighted by molar-refractivity contribution is 0.0946. The molecule has 0 aliphatic heterocycles. The topological polar surface area (TPSA) is 66.9 Å². The number of hydrogen-bond acceptors (Lipinski definition) is 4. The summed E-state index contributed by atoms with van der Waals surface area (Å²) in [6.07, 6.45) is 0. The van der Waals surface area contributed by atoms with Crippen molar-refractivity contribution in [1.82, 2.24) is 15.3 Å². The lowest BCUT2D eigenvalue weighted by atomic mass is 10.2. The maximum absolute atomic E-state index is 12.8. The molecule has 0 atom stereocenters. The van der Waals surface area contributed by atoms with E-state index in [2.05, 4.69) is 20.6 Å². The van der Waals surface area contributed by atoms with Gasteiger partial charge in [0.1, 0.15) is 11.5 Å². The van der Waals surface area contributed by atoms with Crippen LogP contribution in [0.1, 0.15) is 16.1 Å². The van der Waals surface area contributed by atoms with Gasteiger partial charge in [0.05, 0.1) is 0 Å². The van der Waals surface area contributed by atoms with Crippen molar-refractivity contribution < 1.29 is 4.79 Å². The van der Waals surface area contributed by atoms with Crippen LogP contribution in [0.5, 0.6) is 0 Å². The molecule has 1 heterocycles. The Morgan fingerprint density at radius 3 is 2.07 bits per heavy atom. The molecule has 3 aromatic carbocycles. The predicted octanol–water partition coefficient (Wildman–Crippen LogP) is 4.82. The van der Waals surface area contributed by atoms with E-state index in [1.165, 1.54) is 0 Å². The van der Waals surface area contributed by atoms with Crippen LogP contribution in [-0.2, 0) is 6.54 Å². The third-order valence-corrected chi connectivity index (χ3v) is 4.33. The van der Waals surface area contributed by atoms with Crippen LogP contribution in [0.15, 0.2) is 97.1 Å². The van der Waals surface area contributed by atoms with E-state index in [1.807, 2.05) is 91.0 Å². The number of anilines is 2. The zero-order valence-corrected chi connectivity index (χ0v) is 15.7. The van der Waals surface area contributed by atoms with Crippen LogP contribution in [0.25, 0.3) is 11.4 Å². The Balaban J connectivity index is 1.62. The number of carbonyl (C=O) groups is 1. The summed E-state index contributed by atoms with van der Waals surface area (Å²) in [5.74, 6) is 0.816. The summed E-state index contributed by atoms with van der Waals surface area (Å²) < 4.78 is 0. The summed E-state index contributed by atoms with van der Waals surface area (Å²) in [7, 11) is 0. The number of nitrogens with zero attached hydrogens (tertiary/aromatic N) is 2. The van der Waals surface area contributed by atoms with Crippen molar-refractivity contribution >= 4 is 17.4 Å². The zero-order chi connectivity index (χ0) is 19.9. The molecule has 2 N–H and O–H groups in total. The Kier molecular flexibility index (Phi) is 5.58. The van der Waals surface area contributed by atoms with Crippen molar-refractivity contribution in [3.8, 4) is 11.4 Å². The van der Waals surface area contributed by atoms with Gasteiger partial charge in [0.2, 0.25) is 0 Å². The molecule has 0 saturated carbocycles. The highest BCUT2D eigenvalue weighted by molar-refractivity contribution is 5.93. The smallest absolute Gasteiger partial charge is 0.270 e. The first-order chi connectivity index (χ1) is 14.3. The number of para-hydroxylation sites is 1. The van der Waals surface area contributed by atoms with Crippen LogP contribution in [-0.4, -0.2) is 15.9 Å². The molecule has 0 bridgehead atoms. The molecular formula is C24H20N4O. The van der Waals surface area contributed by atoms with Crippen LogP contribution < -0.4 is 10.6 Å². The average Bonchev–Trinajstić information content (AvgIpc) is 2.79. The van der Waals surface area contributed by atoms with Gasteiger partial charge in [0.25, 0.3) is 5.91 Å².